The first-order chi connectivity index (χ1) is 11.6. The predicted molar refractivity (Wildman–Crippen MR) is 102 cm³/mol. The number of anilines is 1. The Kier molecular flexibility index (Phi) is 7.24. The summed E-state index contributed by atoms with van der Waals surface area (Å²) in [5, 5.41) is 12.0. The van der Waals surface area contributed by atoms with E-state index in [0.717, 1.165) is 5.75 Å². The molecule has 0 radical (unpaired) electrons. The van der Waals surface area contributed by atoms with Crippen LogP contribution in [0.5, 0.6) is 5.75 Å². The number of carbonyl (C=O) groups excluding carboxylic acids is 1. The standard InChI is InChI=1S/C14H19NO.C6H10O3/c1-5-16-11-6-7-13-12(8-11)10(2)9-14(3,4)15-13;1-4(2)6(8)9-5(3)7/h6-9,15H,5H2,1-4H3;5,7H,1H2,2-3H3. The Hall–Kier alpha value is -2.27. The van der Waals surface area contributed by atoms with Gasteiger partial charge in [-0.3, -0.25) is 0 Å². The number of aliphatic hydroxyl groups excluding tert-OH is 1. The molecule has 0 saturated heterocycles. The first kappa shape index (κ1) is 20.8. The molecule has 0 saturated carbocycles. The summed E-state index contributed by atoms with van der Waals surface area (Å²) in [6.45, 7) is 15.4. The first-order valence-corrected chi connectivity index (χ1v) is 8.35. The minimum Gasteiger partial charge on any atom is -0.494 e. The van der Waals surface area contributed by atoms with Crippen molar-refractivity contribution >= 4 is 17.2 Å². The molecule has 0 aromatic heterocycles. The third-order valence-electron chi connectivity index (χ3n) is 3.39. The van der Waals surface area contributed by atoms with Gasteiger partial charge in [0.1, 0.15) is 5.75 Å². The SMILES string of the molecule is C=C(C)C(=O)OC(C)O.CCOc1ccc2c(c1)C(C)=CC(C)(C)N2. The number of nitrogens with one attached hydrogen (secondary N) is 1. The molecule has 1 aromatic carbocycles. The molecule has 1 aliphatic rings. The van der Waals surface area contributed by atoms with Gasteiger partial charge in [-0.25, -0.2) is 4.79 Å². The van der Waals surface area contributed by atoms with Crippen LogP contribution in [0.2, 0.25) is 0 Å². The zero-order chi connectivity index (χ0) is 19.2. The van der Waals surface area contributed by atoms with E-state index < -0.39 is 12.3 Å². The van der Waals surface area contributed by atoms with Crippen LogP contribution in [0.15, 0.2) is 36.4 Å². The van der Waals surface area contributed by atoms with Crippen LogP contribution in [0.25, 0.3) is 5.57 Å². The quantitative estimate of drug-likeness (QED) is 0.487. The van der Waals surface area contributed by atoms with E-state index in [4.69, 9.17) is 9.84 Å². The number of ether oxygens (including phenoxy) is 2. The van der Waals surface area contributed by atoms with Crippen molar-refractivity contribution in [1.29, 1.82) is 0 Å². The number of hydrogen-bond acceptors (Lipinski definition) is 5. The fraction of sp³-hybridized carbons (Fsp3) is 0.450. The Bertz CT molecular complexity index is 660. The fourth-order valence-corrected chi connectivity index (χ4v) is 2.47. The predicted octanol–water partition coefficient (Wildman–Crippen LogP) is 4.14. The molecule has 2 rings (SSSR count). The van der Waals surface area contributed by atoms with Gasteiger partial charge in [0.25, 0.3) is 0 Å². The van der Waals surface area contributed by atoms with Crippen LogP contribution >= 0.6 is 0 Å². The Labute approximate surface area is 150 Å². The van der Waals surface area contributed by atoms with E-state index in [1.54, 1.807) is 0 Å². The summed E-state index contributed by atoms with van der Waals surface area (Å²) in [6.07, 6.45) is 1.21. The smallest absolute Gasteiger partial charge is 0.335 e. The highest BCUT2D eigenvalue weighted by Crippen LogP contribution is 2.35. The first-order valence-electron chi connectivity index (χ1n) is 8.35. The van der Waals surface area contributed by atoms with Gasteiger partial charge in [0, 0.05) is 16.8 Å². The van der Waals surface area contributed by atoms with Crippen molar-refractivity contribution in [3.8, 4) is 5.75 Å². The molecule has 1 atom stereocenters. The molecule has 25 heavy (non-hydrogen) atoms. The van der Waals surface area contributed by atoms with Gasteiger partial charge in [0.05, 0.1) is 12.1 Å². The molecule has 138 valence electrons. The van der Waals surface area contributed by atoms with Gasteiger partial charge in [-0.15, -0.1) is 0 Å². The van der Waals surface area contributed by atoms with Crippen molar-refractivity contribution in [2.45, 2.75) is 53.4 Å². The molecule has 5 heteroatoms. The Balaban J connectivity index is 0.000000299. The summed E-state index contributed by atoms with van der Waals surface area (Å²) in [7, 11) is 0. The van der Waals surface area contributed by atoms with Gasteiger partial charge in [-0.1, -0.05) is 12.7 Å². The maximum absolute atomic E-state index is 10.5. The van der Waals surface area contributed by atoms with Crippen LogP contribution in [0.3, 0.4) is 0 Å². The van der Waals surface area contributed by atoms with E-state index in [2.05, 4.69) is 55.6 Å². The van der Waals surface area contributed by atoms with Gasteiger partial charge in [-0.05, 0) is 65.3 Å². The normalized spacial score (nSPS) is 15.4. The van der Waals surface area contributed by atoms with E-state index in [0.29, 0.717) is 6.61 Å². The maximum Gasteiger partial charge on any atom is 0.335 e. The van der Waals surface area contributed by atoms with Crippen LogP contribution in [0.4, 0.5) is 5.69 Å². The Morgan fingerprint density at radius 3 is 2.52 bits per heavy atom. The van der Waals surface area contributed by atoms with Gasteiger partial charge < -0.3 is 19.9 Å². The lowest BCUT2D eigenvalue weighted by Gasteiger charge is -2.31. The fourth-order valence-electron chi connectivity index (χ4n) is 2.47. The average Bonchev–Trinajstić information content (AvgIpc) is 2.47. The Morgan fingerprint density at radius 2 is 2.04 bits per heavy atom. The lowest BCUT2D eigenvalue weighted by molar-refractivity contribution is -0.159. The lowest BCUT2D eigenvalue weighted by atomic mass is 9.91. The second-order valence-electron chi connectivity index (χ2n) is 6.60. The van der Waals surface area contributed by atoms with Gasteiger partial charge in [0.15, 0.2) is 6.29 Å². The number of carbonyl (C=O) groups is 1. The number of fused-ring (bicyclic) bond motifs is 1. The molecule has 0 bridgehead atoms. The number of benzene rings is 1. The van der Waals surface area contributed by atoms with E-state index in [1.807, 2.05) is 13.0 Å². The summed E-state index contributed by atoms with van der Waals surface area (Å²) in [6, 6.07) is 6.22. The number of allylic oxidation sites excluding steroid dienone is 1. The summed E-state index contributed by atoms with van der Waals surface area (Å²) in [4.78, 5) is 10.5. The zero-order valence-electron chi connectivity index (χ0n) is 16.0. The van der Waals surface area contributed by atoms with Crippen LogP contribution in [0.1, 0.15) is 47.1 Å². The number of esters is 1. The molecule has 1 aromatic rings. The van der Waals surface area contributed by atoms with Crippen molar-refractivity contribution in [2.75, 3.05) is 11.9 Å². The molecule has 0 fully saturated rings. The molecule has 1 unspecified atom stereocenters. The summed E-state index contributed by atoms with van der Waals surface area (Å²) < 4.78 is 9.85. The lowest BCUT2D eigenvalue weighted by Crippen LogP contribution is -2.31. The van der Waals surface area contributed by atoms with Crippen molar-refractivity contribution in [1.82, 2.24) is 0 Å². The molecule has 2 N–H and O–H groups in total. The zero-order valence-corrected chi connectivity index (χ0v) is 16.0. The third-order valence-corrected chi connectivity index (χ3v) is 3.39. The molecule has 0 amide bonds. The Morgan fingerprint density at radius 1 is 1.40 bits per heavy atom. The van der Waals surface area contributed by atoms with Gasteiger partial charge in [-0.2, -0.15) is 0 Å². The monoisotopic (exact) mass is 347 g/mol. The van der Waals surface area contributed by atoms with Gasteiger partial charge >= 0.3 is 5.97 Å². The third kappa shape index (κ3) is 6.63. The molecule has 1 aliphatic heterocycles. The molecule has 5 nitrogen and oxygen atoms in total. The second kappa shape index (κ2) is 8.72. The molecule has 0 spiro atoms. The number of hydrogen-bond donors (Lipinski definition) is 2. The molecular weight excluding hydrogens is 318 g/mol. The van der Waals surface area contributed by atoms with Crippen molar-refractivity contribution in [2.24, 2.45) is 0 Å². The highest BCUT2D eigenvalue weighted by atomic mass is 16.6. The van der Waals surface area contributed by atoms with Crippen LogP contribution < -0.4 is 10.1 Å². The number of rotatable bonds is 4. The number of aliphatic hydroxyl groups is 1. The highest BCUT2D eigenvalue weighted by Gasteiger charge is 2.22. The van der Waals surface area contributed by atoms with Gasteiger partial charge in [0.2, 0.25) is 0 Å². The highest BCUT2D eigenvalue weighted by molar-refractivity contribution is 5.87. The van der Waals surface area contributed by atoms with Crippen molar-refractivity contribution < 1.29 is 19.4 Å². The summed E-state index contributed by atoms with van der Waals surface area (Å²) in [5.41, 5.74) is 4.06. The van der Waals surface area contributed by atoms with Crippen LogP contribution in [-0.2, 0) is 9.53 Å². The maximum atomic E-state index is 10.5. The van der Waals surface area contributed by atoms with E-state index in [-0.39, 0.29) is 11.1 Å². The van der Waals surface area contributed by atoms with E-state index >= 15 is 0 Å². The molecule has 1 heterocycles. The molecular formula is C20H29NO4. The molecule has 0 aliphatic carbocycles. The van der Waals surface area contributed by atoms with Crippen molar-refractivity contribution in [3.63, 3.8) is 0 Å². The largest absolute Gasteiger partial charge is 0.494 e. The summed E-state index contributed by atoms with van der Waals surface area (Å²) in [5.74, 6) is 0.375. The van der Waals surface area contributed by atoms with E-state index in [9.17, 15) is 4.79 Å². The summed E-state index contributed by atoms with van der Waals surface area (Å²) >= 11 is 0. The average molecular weight is 347 g/mol. The topological polar surface area (TPSA) is 67.8 Å². The van der Waals surface area contributed by atoms with E-state index in [1.165, 1.54) is 30.7 Å². The second-order valence-corrected chi connectivity index (χ2v) is 6.60. The van der Waals surface area contributed by atoms with Crippen molar-refractivity contribution in [3.05, 3.63) is 42.0 Å². The minimum atomic E-state index is -1.05. The van der Waals surface area contributed by atoms with Crippen LogP contribution in [0, 0.1) is 0 Å². The van der Waals surface area contributed by atoms with Crippen LogP contribution in [-0.4, -0.2) is 29.5 Å². The minimum absolute atomic E-state index is 0.0320.